The minimum Gasteiger partial charge on any atom is -0.358 e. The molecule has 1 amide bonds. The van der Waals surface area contributed by atoms with Crippen molar-refractivity contribution >= 4 is 28.9 Å². The van der Waals surface area contributed by atoms with Gasteiger partial charge in [-0.05, 0) is 23.1 Å². The maximum Gasteiger partial charge on any atom is 0.368 e. The van der Waals surface area contributed by atoms with E-state index >= 15 is 0 Å². The number of aromatic nitrogens is 3. The first kappa shape index (κ1) is 17.9. The second kappa shape index (κ2) is 7.61. The Bertz CT molecular complexity index is 997. The van der Waals surface area contributed by atoms with E-state index < -0.39 is 4.92 Å². The van der Waals surface area contributed by atoms with Crippen molar-refractivity contribution in [2.24, 2.45) is 0 Å². The van der Waals surface area contributed by atoms with Crippen molar-refractivity contribution in [1.29, 1.82) is 0 Å². The smallest absolute Gasteiger partial charge is 0.358 e. The van der Waals surface area contributed by atoms with E-state index in [0.717, 1.165) is 5.69 Å². The van der Waals surface area contributed by atoms with Gasteiger partial charge < -0.3 is 20.3 Å². The lowest BCUT2D eigenvalue weighted by molar-refractivity contribution is -0.391. The summed E-state index contributed by atoms with van der Waals surface area (Å²) in [5.74, 6) is 0.447. The number of hydrogen-bond donors (Lipinski definition) is 1. The van der Waals surface area contributed by atoms with Gasteiger partial charge in [-0.15, -0.1) is 0 Å². The highest BCUT2D eigenvalue weighted by Crippen LogP contribution is 2.18. The summed E-state index contributed by atoms with van der Waals surface area (Å²) < 4.78 is 1.25. The highest BCUT2D eigenvalue weighted by atomic mass is 16.6. The van der Waals surface area contributed by atoms with Crippen LogP contribution < -0.4 is 10.2 Å². The molecule has 1 N–H and O–H groups in total. The third-order valence-electron chi connectivity index (χ3n) is 4.64. The molecule has 0 saturated carbocycles. The van der Waals surface area contributed by atoms with Crippen LogP contribution in [0.2, 0.25) is 0 Å². The molecular formula is C18H19N7O3. The molecule has 1 aliphatic rings. The Morgan fingerprint density at radius 3 is 2.57 bits per heavy atom. The number of nitrogens with zero attached hydrogens (tertiary/aromatic N) is 6. The van der Waals surface area contributed by atoms with Gasteiger partial charge >= 0.3 is 5.82 Å². The second-order valence-electron chi connectivity index (χ2n) is 6.51. The van der Waals surface area contributed by atoms with Gasteiger partial charge in [0.2, 0.25) is 11.6 Å². The quantitative estimate of drug-likeness (QED) is 0.525. The van der Waals surface area contributed by atoms with E-state index in [1.807, 2.05) is 36.4 Å². The maximum atomic E-state index is 12.2. The molecule has 3 heterocycles. The number of fused-ring (bicyclic) bond motifs is 1. The number of anilines is 2. The molecule has 0 bridgehead atoms. The van der Waals surface area contributed by atoms with E-state index in [2.05, 4.69) is 25.2 Å². The first-order chi connectivity index (χ1) is 13.6. The molecule has 4 rings (SSSR count). The summed E-state index contributed by atoms with van der Waals surface area (Å²) in [6.07, 6.45) is 1.20. The highest BCUT2D eigenvalue weighted by molar-refractivity contribution is 5.92. The number of hydrogen-bond acceptors (Lipinski definition) is 7. The van der Waals surface area contributed by atoms with Crippen LogP contribution in [0.25, 0.3) is 5.65 Å². The number of para-hydroxylation sites is 1. The summed E-state index contributed by atoms with van der Waals surface area (Å²) in [4.78, 5) is 30.9. The van der Waals surface area contributed by atoms with Gasteiger partial charge in [0.25, 0.3) is 0 Å². The molecule has 10 nitrogen and oxygen atoms in total. The van der Waals surface area contributed by atoms with Gasteiger partial charge in [0.05, 0.1) is 6.54 Å². The Morgan fingerprint density at radius 1 is 1.11 bits per heavy atom. The molecule has 0 unspecified atom stereocenters. The molecule has 3 aromatic rings. The molecule has 1 fully saturated rings. The van der Waals surface area contributed by atoms with Crippen molar-refractivity contribution in [2.75, 3.05) is 42.9 Å². The zero-order valence-corrected chi connectivity index (χ0v) is 15.1. The van der Waals surface area contributed by atoms with Gasteiger partial charge in [0, 0.05) is 37.9 Å². The predicted octanol–water partition coefficient (Wildman–Crippen LogP) is 1.40. The van der Waals surface area contributed by atoms with Crippen LogP contribution in [0, 0.1) is 10.1 Å². The summed E-state index contributed by atoms with van der Waals surface area (Å²) in [5.41, 5.74) is 1.22. The predicted molar refractivity (Wildman–Crippen MR) is 103 cm³/mol. The van der Waals surface area contributed by atoms with Gasteiger partial charge in [0.15, 0.2) is 5.82 Å². The number of amides is 1. The molecule has 0 radical (unpaired) electrons. The van der Waals surface area contributed by atoms with E-state index in [1.54, 1.807) is 6.07 Å². The van der Waals surface area contributed by atoms with Crippen molar-refractivity contribution in [3.05, 3.63) is 58.8 Å². The molecule has 144 valence electrons. The van der Waals surface area contributed by atoms with Crippen LogP contribution in [0.4, 0.5) is 17.3 Å². The fourth-order valence-electron chi connectivity index (χ4n) is 3.20. The number of nitrogens with one attached hydrogen (secondary N) is 1. The van der Waals surface area contributed by atoms with E-state index in [0.29, 0.717) is 44.2 Å². The van der Waals surface area contributed by atoms with E-state index in [1.165, 1.54) is 10.7 Å². The van der Waals surface area contributed by atoms with Crippen LogP contribution in [0.5, 0.6) is 0 Å². The van der Waals surface area contributed by atoms with Crippen LogP contribution >= 0.6 is 0 Å². The average Bonchev–Trinajstić information content (AvgIpc) is 3.13. The van der Waals surface area contributed by atoms with Crippen LogP contribution in [-0.4, -0.2) is 63.1 Å². The van der Waals surface area contributed by atoms with Crippen LogP contribution in [-0.2, 0) is 4.79 Å². The molecule has 10 heteroatoms. The van der Waals surface area contributed by atoms with E-state index in [-0.39, 0.29) is 11.7 Å². The number of imidazole rings is 1. The fourth-order valence-corrected chi connectivity index (χ4v) is 3.20. The molecule has 1 aromatic carbocycles. The standard InChI is InChI=1S/C18H19N7O3/c26-17(20-14-4-2-1-3-5-14)13-22-8-10-23(11-9-22)16-7-6-15-19-12-18(25(27)28)24(15)21-16/h1-7,12H,8-11,13H2,(H,20,26). The van der Waals surface area contributed by atoms with Gasteiger partial charge in [0.1, 0.15) is 6.20 Å². The lowest BCUT2D eigenvalue weighted by atomic mass is 10.3. The van der Waals surface area contributed by atoms with Gasteiger partial charge in [-0.3, -0.25) is 9.69 Å². The average molecular weight is 381 g/mol. The Kier molecular flexibility index (Phi) is 4.85. The zero-order chi connectivity index (χ0) is 19.5. The van der Waals surface area contributed by atoms with Crippen LogP contribution in [0.3, 0.4) is 0 Å². The van der Waals surface area contributed by atoms with E-state index in [9.17, 15) is 14.9 Å². The zero-order valence-electron chi connectivity index (χ0n) is 15.1. The number of nitro groups is 1. The molecule has 0 aliphatic carbocycles. The van der Waals surface area contributed by atoms with Crippen molar-refractivity contribution in [3.63, 3.8) is 0 Å². The van der Waals surface area contributed by atoms with E-state index in [4.69, 9.17) is 0 Å². The highest BCUT2D eigenvalue weighted by Gasteiger charge is 2.23. The lowest BCUT2D eigenvalue weighted by Crippen LogP contribution is -2.49. The molecular weight excluding hydrogens is 362 g/mol. The Labute approximate surface area is 160 Å². The molecule has 2 aromatic heterocycles. The molecule has 1 aliphatic heterocycles. The molecule has 28 heavy (non-hydrogen) atoms. The Balaban J connectivity index is 1.36. The summed E-state index contributed by atoms with van der Waals surface area (Å²) in [6, 6.07) is 12.9. The Morgan fingerprint density at radius 2 is 1.86 bits per heavy atom. The number of rotatable bonds is 5. The number of carbonyl (C=O) groups excluding carboxylic acids is 1. The summed E-state index contributed by atoms with van der Waals surface area (Å²) >= 11 is 0. The Hall–Kier alpha value is -3.53. The van der Waals surface area contributed by atoms with Crippen molar-refractivity contribution in [3.8, 4) is 0 Å². The summed E-state index contributed by atoms with van der Waals surface area (Å²) in [5, 5.41) is 18.3. The maximum absolute atomic E-state index is 12.2. The fraction of sp³-hybridized carbons (Fsp3) is 0.278. The first-order valence-electron chi connectivity index (χ1n) is 8.91. The minimum absolute atomic E-state index is 0.0479. The van der Waals surface area contributed by atoms with Gasteiger partial charge in [-0.25, -0.2) is 4.98 Å². The van der Waals surface area contributed by atoms with Crippen molar-refractivity contribution in [2.45, 2.75) is 0 Å². The second-order valence-corrected chi connectivity index (χ2v) is 6.51. The molecule has 0 spiro atoms. The van der Waals surface area contributed by atoms with Crippen molar-refractivity contribution < 1.29 is 9.72 Å². The molecule has 1 saturated heterocycles. The van der Waals surface area contributed by atoms with Crippen LogP contribution in [0.1, 0.15) is 0 Å². The normalized spacial score (nSPS) is 14.9. The van der Waals surface area contributed by atoms with Gasteiger partial charge in [-0.1, -0.05) is 27.8 Å². The first-order valence-corrected chi connectivity index (χ1v) is 8.91. The third-order valence-corrected chi connectivity index (χ3v) is 4.64. The van der Waals surface area contributed by atoms with Gasteiger partial charge in [-0.2, -0.15) is 0 Å². The third kappa shape index (κ3) is 3.76. The SMILES string of the molecule is O=C(CN1CCN(c2ccc3ncc([N+](=O)[O-])n3n2)CC1)Nc1ccccc1. The number of benzene rings is 1. The topological polar surface area (TPSA) is 109 Å². The van der Waals surface area contributed by atoms with Crippen molar-refractivity contribution in [1.82, 2.24) is 19.5 Å². The summed E-state index contributed by atoms with van der Waals surface area (Å²) in [7, 11) is 0. The number of carbonyl (C=O) groups is 1. The molecule has 0 atom stereocenters. The van der Waals surface area contributed by atoms with Crippen LogP contribution in [0.15, 0.2) is 48.7 Å². The number of piperazine rings is 1. The minimum atomic E-state index is -0.500. The largest absolute Gasteiger partial charge is 0.368 e. The summed E-state index contributed by atoms with van der Waals surface area (Å²) in [6.45, 7) is 3.09. The lowest BCUT2D eigenvalue weighted by Gasteiger charge is -2.34. The monoisotopic (exact) mass is 381 g/mol.